The van der Waals surface area contributed by atoms with Crippen molar-refractivity contribution in [2.45, 2.75) is 25.2 Å². The Balaban J connectivity index is 2.05. The Kier molecular flexibility index (Phi) is 4.54. The van der Waals surface area contributed by atoms with Gasteiger partial charge in [-0.15, -0.1) is 0 Å². The molecule has 0 spiro atoms. The van der Waals surface area contributed by atoms with Gasteiger partial charge in [0.15, 0.2) is 0 Å². The van der Waals surface area contributed by atoms with E-state index < -0.39 is 24.2 Å². The molecule has 8 heteroatoms. The summed E-state index contributed by atoms with van der Waals surface area (Å²) in [6.07, 6.45) is -5.94. The van der Waals surface area contributed by atoms with Crippen molar-refractivity contribution >= 4 is 23.2 Å². The van der Waals surface area contributed by atoms with Gasteiger partial charge >= 0.3 is 6.18 Å². The van der Waals surface area contributed by atoms with Crippen LogP contribution >= 0.6 is 11.6 Å². The van der Waals surface area contributed by atoms with Gasteiger partial charge in [-0.3, -0.25) is 4.79 Å². The number of hydrogen-bond acceptors (Lipinski definition) is 3. The van der Waals surface area contributed by atoms with E-state index in [1.807, 2.05) is 0 Å². The smallest absolute Gasteiger partial charge is 0.362 e. The predicted octanol–water partition coefficient (Wildman–Crippen LogP) is 4.15. The highest BCUT2D eigenvalue weighted by atomic mass is 35.5. The molecule has 1 N–H and O–H groups in total. The minimum Gasteiger partial charge on any atom is -0.362 e. The molecule has 0 fully saturated rings. The molecule has 1 heterocycles. The fourth-order valence-corrected chi connectivity index (χ4v) is 2.81. The topological polar surface area (TPSA) is 52.9 Å². The average molecular weight is 383 g/mol. The first kappa shape index (κ1) is 18.4. The number of nitrogens with zero attached hydrogens (tertiary/aromatic N) is 2. The molecule has 1 amide bonds. The molecule has 136 valence electrons. The second-order valence-corrected chi connectivity index (χ2v) is 6.47. The van der Waals surface area contributed by atoms with Crippen molar-refractivity contribution in [3.63, 3.8) is 0 Å². The molecular formula is C18H14ClF3N2O2. The van der Waals surface area contributed by atoms with E-state index in [0.29, 0.717) is 16.1 Å². The zero-order valence-corrected chi connectivity index (χ0v) is 14.3. The molecule has 1 atom stereocenters. The van der Waals surface area contributed by atoms with Crippen molar-refractivity contribution in [2.75, 3.05) is 0 Å². The Morgan fingerprint density at radius 3 is 2.46 bits per heavy atom. The molecule has 2 aromatic rings. The third-order valence-corrected chi connectivity index (χ3v) is 4.33. The molecule has 26 heavy (non-hydrogen) atoms. The number of hydrazone groups is 1. The van der Waals surface area contributed by atoms with Crippen LogP contribution in [0.15, 0.2) is 53.6 Å². The fourth-order valence-electron chi connectivity index (χ4n) is 2.68. The van der Waals surface area contributed by atoms with Gasteiger partial charge in [0, 0.05) is 10.6 Å². The van der Waals surface area contributed by atoms with Gasteiger partial charge in [-0.2, -0.15) is 23.3 Å². The molecule has 0 saturated heterocycles. The molecule has 0 bridgehead atoms. The van der Waals surface area contributed by atoms with Crippen LogP contribution in [0.2, 0.25) is 5.02 Å². The minimum atomic E-state index is -5.08. The first-order valence-electron chi connectivity index (χ1n) is 7.65. The third kappa shape index (κ3) is 3.20. The lowest BCUT2D eigenvalue weighted by Gasteiger charge is -2.32. The lowest BCUT2D eigenvalue weighted by Crippen LogP contribution is -2.56. The van der Waals surface area contributed by atoms with Crippen LogP contribution < -0.4 is 0 Å². The summed E-state index contributed by atoms with van der Waals surface area (Å²) < 4.78 is 40.7. The highest BCUT2D eigenvalue weighted by Gasteiger charge is 2.63. The number of carbonyl (C=O) groups is 1. The Bertz CT molecular complexity index is 881. The van der Waals surface area contributed by atoms with Crippen LogP contribution in [0.25, 0.3) is 0 Å². The van der Waals surface area contributed by atoms with Crippen molar-refractivity contribution in [3.8, 4) is 0 Å². The van der Waals surface area contributed by atoms with Crippen molar-refractivity contribution in [1.82, 2.24) is 5.01 Å². The number of benzene rings is 2. The van der Waals surface area contributed by atoms with Crippen molar-refractivity contribution < 1.29 is 23.1 Å². The van der Waals surface area contributed by atoms with Gasteiger partial charge in [0.1, 0.15) is 0 Å². The SMILES string of the molecule is Cc1cccc(C(=O)N2N=C(c3ccc(Cl)cc3)C[C@]2(O)C(F)(F)F)c1. The van der Waals surface area contributed by atoms with E-state index in [1.54, 1.807) is 19.1 Å². The monoisotopic (exact) mass is 382 g/mol. The zero-order chi connectivity index (χ0) is 19.1. The van der Waals surface area contributed by atoms with E-state index in [2.05, 4.69) is 5.10 Å². The van der Waals surface area contributed by atoms with E-state index in [9.17, 15) is 23.1 Å². The van der Waals surface area contributed by atoms with Gasteiger partial charge in [-0.05, 0) is 36.8 Å². The number of amides is 1. The van der Waals surface area contributed by atoms with Crippen molar-refractivity contribution in [2.24, 2.45) is 5.10 Å². The molecule has 0 aliphatic carbocycles. The summed E-state index contributed by atoms with van der Waals surface area (Å²) in [6, 6.07) is 12.0. The van der Waals surface area contributed by atoms with Crippen LogP contribution in [0.3, 0.4) is 0 Å². The summed E-state index contributed by atoms with van der Waals surface area (Å²) >= 11 is 5.79. The quantitative estimate of drug-likeness (QED) is 0.848. The van der Waals surface area contributed by atoms with Crippen LogP contribution in [-0.2, 0) is 0 Å². The zero-order valence-electron chi connectivity index (χ0n) is 13.6. The van der Waals surface area contributed by atoms with E-state index in [1.165, 1.54) is 36.4 Å². The summed E-state index contributed by atoms with van der Waals surface area (Å²) in [4.78, 5) is 12.6. The summed E-state index contributed by atoms with van der Waals surface area (Å²) in [5.74, 6) is -1.03. The van der Waals surface area contributed by atoms with Gasteiger partial charge in [0.2, 0.25) is 0 Å². The van der Waals surface area contributed by atoms with Crippen molar-refractivity contribution in [1.29, 1.82) is 0 Å². The van der Waals surface area contributed by atoms with Gasteiger partial charge in [0.25, 0.3) is 11.6 Å². The molecule has 0 saturated carbocycles. The highest BCUT2D eigenvalue weighted by molar-refractivity contribution is 6.30. The standard InChI is InChI=1S/C18H14ClF3N2O2/c1-11-3-2-4-13(9-11)16(25)24-17(26,18(20,21)22)10-15(23-24)12-5-7-14(19)8-6-12/h2-9,26H,10H2,1H3/t17-/m0/s1. The van der Waals surface area contributed by atoms with E-state index >= 15 is 0 Å². The molecular weight excluding hydrogens is 369 g/mol. The summed E-state index contributed by atoms with van der Waals surface area (Å²) in [7, 11) is 0. The van der Waals surface area contributed by atoms with E-state index in [4.69, 9.17) is 11.6 Å². The fraction of sp³-hybridized carbons (Fsp3) is 0.222. The largest absolute Gasteiger partial charge is 0.438 e. The lowest BCUT2D eigenvalue weighted by atomic mass is 10.0. The second-order valence-electron chi connectivity index (χ2n) is 6.03. The summed E-state index contributed by atoms with van der Waals surface area (Å²) in [6.45, 7) is 1.71. The van der Waals surface area contributed by atoms with Crippen LogP contribution in [0.5, 0.6) is 0 Å². The van der Waals surface area contributed by atoms with Crippen LogP contribution in [0.4, 0.5) is 13.2 Å². The van der Waals surface area contributed by atoms with Gasteiger partial charge in [-0.25, -0.2) is 0 Å². The number of aliphatic hydroxyl groups is 1. The number of hydrogen-bond donors (Lipinski definition) is 1. The molecule has 0 aromatic heterocycles. The maximum atomic E-state index is 13.6. The minimum absolute atomic E-state index is 0.00813. The predicted molar refractivity (Wildman–Crippen MR) is 91.0 cm³/mol. The maximum absolute atomic E-state index is 13.6. The average Bonchev–Trinajstić information content (AvgIpc) is 2.94. The number of alkyl halides is 3. The molecule has 0 unspecified atom stereocenters. The Morgan fingerprint density at radius 2 is 1.88 bits per heavy atom. The lowest BCUT2D eigenvalue weighted by molar-refractivity contribution is -0.297. The summed E-state index contributed by atoms with van der Waals surface area (Å²) in [5, 5.41) is 14.6. The molecule has 1 aliphatic rings. The van der Waals surface area contributed by atoms with Crippen LogP contribution in [0, 0.1) is 6.92 Å². The Labute approximate surface area is 152 Å². The first-order chi connectivity index (χ1) is 12.1. The van der Waals surface area contributed by atoms with Gasteiger partial charge in [-0.1, -0.05) is 41.4 Å². The molecule has 1 aliphatic heterocycles. The van der Waals surface area contributed by atoms with Crippen LogP contribution in [0.1, 0.15) is 27.9 Å². The van der Waals surface area contributed by atoms with Gasteiger partial charge < -0.3 is 5.11 Å². The first-order valence-corrected chi connectivity index (χ1v) is 8.03. The molecule has 4 nitrogen and oxygen atoms in total. The second kappa shape index (κ2) is 6.41. The summed E-state index contributed by atoms with van der Waals surface area (Å²) in [5.41, 5.74) is -2.41. The van der Waals surface area contributed by atoms with E-state index in [-0.39, 0.29) is 16.3 Å². The van der Waals surface area contributed by atoms with E-state index in [0.717, 1.165) is 0 Å². The van der Waals surface area contributed by atoms with Crippen molar-refractivity contribution in [3.05, 3.63) is 70.2 Å². The number of halogens is 4. The maximum Gasteiger partial charge on any atom is 0.438 e. The van der Waals surface area contributed by atoms with Crippen LogP contribution in [-0.4, -0.2) is 33.6 Å². The number of rotatable bonds is 2. The molecule has 2 aromatic carbocycles. The molecule has 0 radical (unpaired) electrons. The Morgan fingerprint density at radius 1 is 1.23 bits per heavy atom. The number of aryl methyl sites for hydroxylation is 1. The highest BCUT2D eigenvalue weighted by Crippen LogP contribution is 2.42. The Hall–Kier alpha value is -2.38. The number of carbonyl (C=O) groups excluding carboxylic acids is 1. The van der Waals surface area contributed by atoms with Gasteiger partial charge in [0.05, 0.1) is 12.1 Å². The third-order valence-electron chi connectivity index (χ3n) is 4.07. The normalized spacial score (nSPS) is 20.2. The molecule has 3 rings (SSSR count).